The fourth-order valence-electron chi connectivity index (χ4n) is 1.50. The molecular formula is C13H21NOS. The van der Waals surface area contributed by atoms with Crippen LogP contribution in [0.1, 0.15) is 19.4 Å². The normalized spacial score (nSPS) is 14.5. The third-order valence-corrected chi connectivity index (χ3v) is 3.33. The van der Waals surface area contributed by atoms with Crippen LogP contribution in [0.5, 0.6) is 0 Å². The maximum absolute atomic E-state index is 5.30. The smallest absolute Gasteiger partial charge is 0.0741 e. The van der Waals surface area contributed by atoms with Crippen molar-refractivity contribution >= 4 is 17.4 Å². The van der Waals surface area contributed by atoms with Gasteiger partial charge in [-0.2, -0.15) is 11.8 Å². The molecule has 0 spiro atoms. The second-order valence-corrected chi connectivity index (χ2v) is 4.87. The topological polar surface area (TPSA) is 21.3 Å². The molecule has 0 aromatic heterocycles. The Bertz CT molecular complexity index is 317. The van der Waals surface area contributed by atoms with Crippen molar-refractivity contribution < 1.29 is 4.74 Å². The van der Waals surface area contributed by atoms with E-state index >= 15 is 0 Å². The van der Waals surface area contributed by atoms with Crippen molar-refractivity contribution in [2.24, 2.45) is 0 Å². The van der Waals surface area contributed by atoms with Crippen LogP contribution in [0.3, 0.4) is 0 Å². The molecule has 1 N–H and O–H groups in total. The summed E-state index contributed by atoms with van der Waals surface area (Å²) in [6.45, 7) is 4.21. The zero-order valence-electron chi connectivity index (χ0n) is 10.5. The van der Waals surface area contributed by atoms with E-state index in [2.05, 4.69) is 49.7 Å². The van der Waals surface area contributed by atoms with Crippen molar-refractivity contribution in [1.82, 2.24) is 0 Å². The van der Waals surface area contributed by atoms with E-state index in [1.165, 1.54) is 11.3 Å². The second kappa shape index (κ2) is 6.81. The molecule has 0 saturated carbocycles. The third kappa shape index (κ3) is 4.06. The highest BCUT2D eigenvalue weighted by Crippen LogP contribution is 2.16. The lowest BCUT2D eigenvalue weighted by Crippen LogP contribution is -2.29. The first-order valence-corrected chi connectivity index (χ1v) is 6.94. The van der Waals surface area contributed by atoms with Gasteiger partial charge in [-0.3, -0.25) is 0 Å². The van der Waals surface area contributed by atoms with Gasteiger partial charge in [-0.25, -0.2) is 0 Å². The summed E-state index contributed by atoms with van der Waals surface area (Å²) < 4.78 is 5.30. The van der Waals surface area contributed by atoms with Gasteiger partial charge in [-0.1, -0.05) is 12.1 Å². The Morgan fingerprint density at radius 1 is 1.38 bits per heavy atom. The van der Waals surface area contributed by atoms with Gasteiger partial charge in [0.05, 0.1) is 6.10 Å². The summed E-state index contributed by atoms with van der Waals surface area (Å²) in [5, 5.41) is 3.46. The number of nitrogens with one attached hydrogen (secondary N) is 1. The molecule has 90 valence electrons. The van der Waals surface area contributed by atoms with Crippen LogP contribution in [0.2, 0.25) is 0 Å². The summed E-state index contributed by atoms with van der Waals surface area (Å²) in [5.41, 5.74) is 2.53. The molecule has 0 aliphatic heterocycles. The Morgan fingerprint density at radius 2 is 2.12 bits per heavy atom. The average molecular weight is 239 g/mol. The molecule has 2 nitrogen and oxygen atoms in total. The van der Waals surface area contributed by atoms with Crippen molar-refractivity contribution in [2.75, 3.05) is 18.7 Å². The number of benzene rings is 1. The molecule has 0 fully saturated rings. The van der Waals surface area contributed by atoms with Crippen LogP contribution in [0.15, 0.2) is 24.3 Å². The third-order valence-electron chi connectivity index (χ3n) is 2.71. The second-order valence-electron chi connectivity index (χ2n) is 4.01. The predicted octanol–water partition coefficient (Wildman–Crippen LogP) is 3.38. The molecule has 0 heterocycles. The van der Waals surface area contributed by atoms with E-state index < -0.39 is 0 Å². The quantitative estimate of drug-likeness (QED) is 0.822. The number of thioether (sulfide) groups is 1. The Morgan fingerprint density at radius 3 is 2.75 bits per heavy atom. The van der Waals surface area contributed by atoms with E-state index in [1.807, 2.05) is 11.8 Å². The minimum Gasteiger partial charge on any atom is -0.380 e. The van der Waals surface area contributed by atoms with Gasteiger partial charge < -0.3 is 10.1 Å². The van der Waals surface area contributed by atoms with Gasteiger partial charge in [-0.05, 0) is 37.8 Å². The zero-order valence-corrected chi connectivity index (χ0v) is 11.3. The largest absolute Gasteiger partial charge is 0.380 e. The van der Waals surface area contributed by atoms with E-state index in [0.29, 0.717) is 6.04 Å². The summed E-state index contributed by atoms with van der Waals surface area (Å²) >= 11 is 1.84. The Labute approximate surface area is 103 Å². The molecule has 3 heteroatoms. The monoisotopic (exact) mass is 239 g/mol. The molecule has 0 aliphatic rings. The lowest BCUT2D eigenvalue weighted by Gasteiger charge is -2.21. The standard InChI is InChI=1S/C13H21NOS/c1-10(11(2)15-3)14-13-7-5-6-12(8-13)9-16-4/h5-8,10-11,14H,9H2,1-4H3. The zero-order chi connectivity index (χ0) is 12.0. The number of anilines is 1. The SMILES string of the molecule is COC(C)C(C)Nc1cccc(CSC)c1. The van der Waals surface area contributed by atoms with Crippen LogP contribution in [-0.2, 0) is 10.5 Å². The molecule has 1 aromatic rings. The molecule has 0 saturated heterocycles. The van der Waals surface area contributed by atoms with Gasteiger partial charge in [0.15, 0.2) is 0 Å². The van der Waals surface area contributed by atoms with E-state index in [4.69, 9.17) is 4.74 Å². The summed E-state index contributed by atoms with van der Waals surface area (Å²) in [5.74, 6) is 1.06. The Hall–Kier alpha value is -0.670. The number of hydrogen-bond donors (Lipinski definition) is 1. The van der Waals surface area contributed by atoms with Crippen molar-refractivity contribution in [3.8, 4) is 0 Å². The van der Waals surface area contributed by atoms with E-state index in [-0.39, 0.29) is 6.10 Å². The Balaban J connectivity index is 2.62. The molecular weight excluding hydrogens is 218 g/mol. The molecule has 0 bridgehead atoms. The van der Waals surface area contributed by atoms with Crippen LogP contribution < -0.4 is 5.32 Å². The Kier molecular flexibility index (Phi) is 5.71. The minimum atomic E-state index is 0.212. The summed E-state index contributed by atoms with van der Waals surface area (Å²) in [4.78, 5) is 0. The molecule has 0 radical (unpaired) electrons. The van der Waals surface area contributed by atoms with Crippen LogP contribution in [0.25, 0.3) is 0 Å². The maximum Gasteiger partial charge on any atom is 0.0741 e. The van der Waals surface area contributed by atoms with Gasteiger partial charge in [0, 0.05) is 24.6 Å². The molecule has 2 unspecified atom stereocenters. The fourth-order valence-corrected chi connectivity index (χ4v) is 2.01. The van der Waals surface area contributed by atoms with Gasteiger partial charge in [0.2, 0.25) is 0 Å². The fraction of sp³-hybridized carbons (Fsp3) is 0.538. The molecule has 0 aliphatic carbocycles. The molecule has 2 atom stereocenters. The van der Waals surface area contributed by atoms with Gasteiger partial charge in [0.1, 0.15) is 0 Å². The van der Waals surface area contributed by atoms with Gasteiger partial charge in [-0.15, -0.1) is 0 Å². The van der Waals surface area contributed by atoms with Crippen molar-refractivity contribution in [2.45, 2.75) is 31.7 Å². The van der Waals surface area contributed by atoms with E-state index in [0.717, 1.165) is 5.75 Å². The highest BCUT2D eigenvalue weighted by molar-refractivity contribution is 7.97. The van der Waals surface area contributed by atoms with Crippen LogP contribution in [0, 0.1) is 0 Å². The molecule has 0 amide bonds. The number of rotatable bonds is 6. The van der Waals surface area contributed by atoms with Crippen LogP contribution >= 0.6 is 11.8 Å². The van der Waals surface area contributed by atoms with Crippen LogP contribution in [0.4, 0.5) is 5.69 Å². The van der Waals surface area contributed by atoms with Crippen molar-refractivity contribution in [1.29, 1.82) is 0 Å². The summed E-state index contributed by atoms with van der Waals surface area (Å²) in [6, 6.07) is 8.87. The van der Waals surface area contributed by atoms with Crippen molar-refractivity contribution in [3.63, 3.8) is 0 Å². The van der Waals surface area contributed by atoms with Crippen molar-refractivity contribution in [3.05, 3.63) is 29.8 Å². The van der Waals surface area contributed by atoms with E-state index in [9.17, 15) is 0 Å². The maximum atomic E-state index is 5.30. The lowest BCUT2D eigenvalue weighted by atomic mass is 10.1. The summed E-state index contributed by atoms with van der Waals surface area (Å²) in [6.07, 6.45) is 2.33. The first kappa shape index (κ1) is 13.4. The number of hydrogen-bond acceptors (Lipinski definition) is 3. The van der Waals surface area contributed by atoms with Crippen LogP contribution in [-0.4, -0.2) is 25.5 Å². The van der Waals surface area contributed by atoms with Gasteiger partial charge >= 0.3 is 0 Å². The highest BCUT2D eigenvalue weighted by atomic mass is 32.2. The first-order valence-electron chi connectivity index (χ1n) is 5.54. The predicted molar refractivity (Wildman–Crippen MR) is 73.2 cm³/mol. The summed E-state index contributed by atoms with van der Waals surface area (Å²) in [7, 11) is 1.74. The first-order chi connectivity index (χ1) is 7.67. The highest BCUT2D eigenvalue weighted by Gasteiger charge is 2.10. The molecule has 1 aromatic carbocycles. The van der Waals surface area contributed by atoms with Gasteiger partial charge in [0.25, 0.3) is 0 Å². The minimum absolute atomic E-state index is 0.212. The number of ether oxygens (including phenoxy) is 1. The molecule has 1 rings (SSSR count). The number of methoxy groups -OCH3 is 1. The van der Waals surface area contributed by atoms with E-state index in [1.54, 1.807) is 7.11 Å². The average Bonchev–Trinajstić information content (AvgIpc) is 2.29. The molecule has 16 heavy (non-hydrogen) atoms. The lowest BCUT2D eigenvalue weighted by molar-refractivity contribution is 0.106.